The van der Waals surface area contributed by atoms with E-state index in [1.54, 1.807) is 13.3 Å². The van der Waals surface area contributed by atoms with Crippen LogP contribution in [0.1, 0.15) is 17.4 Å². The van der Waals surface area contributed by atoms with Crippen LogP contribution >= 0.6 is 0 Å². The van der Waals surface area contributed by atoms with E-state index in [0.29, 0.717) is 24.9 Å². The van der Waals surface area contributed by atoms with Crippen LogP contribution in [0.5, 0.6) is 5.75 Å². The molecule has 5 heteroatoms. The minimum Gasteiger partial charge on any atom is -0.497 e. The molecule has 0 spiro atoms. The molecule has 5 nitrogen and oxygen atoms in total. The number of nitrogens with zero attached hydrogens (tertiary/aromatic N) is 2. The van der Waals surface area contributed by atoms with E-state index in [1.807, 2.05) is 24.3 Å². The number of methoxy groups -OCH3 is 1. The maximum atomic E-state index is 6.04. The Labute approximate surface area is 159 Å². The van der Waals surface area contributed by atoms with Crippen molar-refractivity contribution < 1.29 is 9.15 Å². The molecule has 1 aromatic heterocycles. The van der Waals surface area contributed by atoms with Crippen molar-refractivity contribution in [2.24, 2.45) is 11.7 Å². The van der Waals surface area contributed by atoms with Gasteiger partial charge in [0.15, 0.2) is 5.76 Å². The van der Waals surface area contributed by atoms with Gasteiger partial charge in [-0.2, -0.15) is 0 Å². The minimum atomic E-state index is 0.462. The standard InChI is InChI=1S/C22H25N3O2/c1-26-19-9-7-17(8-10-19)21-12-24-22(27-21)15-25-13-18(11-23)20(14-25)16-5-3-2-4-6-16/h2-10,12,18,20H,11,13-15,23H2,1H3/t18-,20+/m1/s1. The molecule has 1 saturated heterocycles. The van der Waals surface area contributed by atoms with Gasteiger partial charge in [-0.3, -0.25) is 4.90 Å². The van der Waals surface area contributed by atoms with Crippen LogP contribution < -0.4 is 10.5 Å². The van der Waals surface area contributed by atoms with Crippen molar-refractivity contribution >= 4 is 0 Å². The summed E-state index contributed by atoms with van der Waals surface area (Å²) in [6.45, 7) is 3.34. The smallest absolute Gasteiger partial charge is 0.209 e. The monoisotopic (exact) mass is 363 g/mol. The first-order valence-electron chi connectivity index (χ1n) is 9.33. The average molecular weight is 363 g/mol. The molecular weight excluding hydrogens is 338 g/mol. The van der Waals surface area contributed by atoms with E-state index in [9.17, 15) is 0 Å². The fraction of sp³-hybridized carbons (Fsp3) is 0.318. The normalized spacial score (nSPS) is 20.1. The highest BCUT2D eigenvalue weighted by Crippen LogP contribution is 2.33. The number of aromatic nitrogens is 1. The Morgan fingerprint density at radius 3 is 2.59 bits per heavy atom. The third-order valence-electron chi connectivity index (χ3n) is 5.33. The average Bonchev–Trinajstić information content (AvgIpc) is 3.36. The van der Waals surface area contributed by atoms with Gasteiger partial charge in [-0.15, -0.1) is 0 Å². The molecular formula is C22H25N3O2. The Morgan fingerprint density at radius 2 is 1.89 bits per heavy atom. The number of rotatable bonds is 6. The Balaban J connectivity index is 1.44. The second kappa shape index (κ2) is 7.94. The van der Waals surface area contributed by atoms with Gasteiger partial charge in [0, 0.05) is 24.6 Å². The Hall–Kier alpha value is -2.63. The van der Waals surface area contributed by atoms with Crippen molar-refractivity contribution in [2.75, 3.05) is 26.7 Å². The van der Waals surface area contributed by atoms with Gasteiger partial charge in [0.05, 0.1) is 19.9 Å². The lowest BCUT2D eigenvalue weighted by Gasteiger charge is -2.16. The van der Waals surface area contributed by atoms with E-state index in [2.05, 4.69) is 40.2 Å². The first-order chi connectivity index (χ1) is 13.3. The highest BCUT2D eigenvalue weighted by molar-refractivity contribution is 5.57. The van der Waals surface area contributed by atoms with Crippen molar-refractivity contribution in [3.05, 3.63) is 72.2 Å². The first kappa shape index (κ1) is 17.8. The van der Waals surface area contributed by atoms with E-state index in [-0.39, 0.29) is 0 Å². The second-order valence-electron chi connectivity index (χ2n) is 7.05. The summed E-state index contributed by atoms with van der Waals surface area (Å²) in [6, 6.07) is 18.5. The molecule has 27 heavy (non-hydrogen) atoms. The molecule has 0 saturated carbocycles. The van der Waals surface area contributed by atoms with Crippen LogP contribution in [0.2, 0.25) is 0 Å². The van der Waals surface area contributed by atoms with Gasteiger partial charge in [-0.1, -0.05) is 30.3 Å². The number of hydrogen-bond acceptors (Lipinski definition) is 5. The maximum Gasteiger partial charge on any atom is 0.209 e. The molecule has 140 valence electrons. The third kappa shape index (κ3) is 3.89. The van der Waals surface area contributed by atoms with Gasteiger partial charge < -0.3 is 14.9 Å². The zero-order valence-corrected chi connectivity index (χ0v) is 15.5. The minimum absolute atomic E-state index is 0.462. The Bertz CT molecular complexity index is 861. The van der Waals surface area contributed by atoms with E-state index >= 15 is 0 Å². The summed E-state index contributed by atoms with van der Waals surface area (Å²) in [5.41, 5.74) is 8.41. The molecule has 0 unspecified atom stereocenters. The van der Waals surface area contributed by atoms with E-state index in [0.717, 1.165) is 36.1 Å². The summed E-state index contributed by atoms with van der Waals surface area (Å²) in [4.78, 5) is 6.86. The number of likely N-dealkylation sites (tertiary alicyclic amines) is 1. The molecule has 3 aromatic rings. The topological polar surface area (TPSA) is 64.5 Å². The van der Waals surface area contributed by atoms with Gasteiger partial charge in [0.1, 0.15) is 5.75 Å². The maximum absolute atomic E-state index is 6.04. The summed E-state index contributed by atoms with van der Waals surface area (Å²) < 4.78 is 11.2. The van der Waals surface area contributed by atoms with E-state index in [4.69, 9.17) is 14.9 Å². The lowest BCUT2D eigenvalue weighted by atomic mass is 9.89. The fourth-order valence-corrected chi connectivity index (χ4v) is 3.87. The summed E-state index contributed by atoms with van der Waals surface area (Å²) >= 11 is 0. The van der Waals surface area contributed by atoms with Gasteiger partial charge in [0.2, 0.25) is 5.89 Å². The third-order valence-corrected chi connectivity index (χ3v) is 5.33. The van der Waals surface area contributed by atoms with Crippen molar-refractivity contribution in [3.63, 3.8) is 0 Å². The van der Waals surface area contributed by atoms with Crippen molar-refractivity contribution in [3.8, 4) is 17.1 Å². The van der Waals surface area contributed by atoms with Crippen LogP contribution in [0.25, 0.3) is 11.3 Å². The lowest BCUT2D eigenvalue weighted by molar-refractivity contribution is 0.281. The summed E-state index contributed by atoms with van der Waals surface area (Å²) in [7, 11) is 1.66. The lowest BCUT2D eigenvalue weighted by Crippen LogP contribution is -2.23. The molecule has 2 atom stereocenters. The number of oxazole rings is 1. The van der Waals surface area contributed by atoms with E-state index < -0.39 is 0 Å². The second-order valence-corrected chi connectivity index (χ2v) is 7.05. The zero-order valence-electron chi connectivity index (χ0n) is 15.5. The predicted molar refractivity (Wildman–Crippen MR) is 105 cm³/mol. The van der Waals surface area contributed by atoms with Crippen molar-refractivity contribution in [1.82, 2.24) is 9.88 Å². The first-order valence-corrected chi connectivity index (χ1v) is 9.33. The molecule has 4 rings (SSSR count). The fourth-order valence-electron chi connectivity index (χ4n) is 3.87. The predicted octanol–water partition coefficient (Wildman–Crippen LogP) is 3.52. The Kier molecular flexibility index (Phi) is 5.23. The molecule has 2 aromatic carbocycles. The number of ether oxygens (including phenoxy) is 1. The van der Waals surface area contributed by atoms with Crippen LogP contribution in [0.4, 0.5) is 0 Å². The van der Waals surface area contributed by atoms with Crippen LogP contribution in [-0.4, -0.2) is 36.6 Å². The molecule has 0 radical (unpaired) electrons. The van der Waals surface area contributed by atoms with Gasteiger partial charge in [0.25, 0.3) is 0 Å². The molecule has 0 aliphatic carbocycles. The zero-order chi connectivity index (χ0) is 18.6. The van der Waals surface area contributed by atoms with Crippen LogP contribution in [0.15, 0.2) is 65.2 Å². The molecule has 1 aliphatic heterocycles. The molecule has 2 N–H and O–H groups in total. The van der Waals surface area contributed by atoms with Gasteiger partial charge >= 0.3 is 0 Å². The highest BCUT2D eigenvalue weighted by atomic mass is 16.5. The van der Waals surface area contributed by atoms with Crippen LogP contribution in [-0.2, 0) is 6.54 Å². The van der Waals surface area contributed by atoms with Crippen LogP contribution in [0.3, 0.4) is 0 Å². The summed E-state index contributed by atoms with van der Waals surface area (Å²) in [5.74, 6) is 3.28. The largest absolute Gasteiger partial charge is 0.497 e. The van der Waals surface area contributed by atoms with Crippen molar-refractivity contribution in [2.45, 2.75) is 12.5 Å². The molecule has 0 amide bonds. The van der Waals surface area contributed by atoms with Gasteiger partial charge in [-0.05, 0) is 42.3 Å². The Morgan fingerprint density at radius 1 is 1.11 bits per heavy atom. The van der Waals surface area contributed by atoms with Crippen molar-refractivity contribution in [1.29, 1.82) is 0 Å². The molecule has 1 aliphatic rings. The summed E-state index contributed by atoms with van der Waals surface area (Å²) in [6.07, 6.45) is 1.79. The highest BCUT2D eigenvalue weighted by Gasteiger charge is 2.33. The van der Waals surface area contributed by atoms with E-state index in [1.165, 1.54) is 5.56 Å². The number of nitrogens with two attached hydrogens (primary N) is 1. The number of hydrogen-bond donors (Lipinski definition) is 1. The SMILES string of the molecule is COc1ccc(-c2cnc(CN3C[C@@H](CN)[C@H](c4ccccc4)C3)o2)cc1. The molecule has 2 heterocycles. The molecule has 0 bridgehead atoms. The van der Waals surface area contributed by atoms with Gasteiger partial charge in [-0.25, -0.2) is 4.98 Å². The molecule has 1 fully saturated rings. The van der Waals surface area contributed by atoms with Crippen LogP contribution in [0, 0.1) is 5.92 Å². The number of benzene rings is 2. The summed E-state index contributed by atoms with van der Waals surface area (Å²) in [5, 5.41) is 0. The quantitative estimate of drug-likeness (QED) is 0.726.